The van der Waals surface area contributed by atoms with Gasteiger partial charge in [-0.1, -0.05) is 0 Å². The van der Waals surface area contributed by atoms with E-state index in [1.165, 1.54) is 0 Å². The van der Waals surface area contributed by atoms with Gasteiger partial charge in [-0.05, 0) is 19.8 Å². The van der Waals surface area contributed by atoms with Crippen LogP contribution in [0.3, 0.4) is 0 Å². The first-order chi connectivity index (χ1) is 4.84. The zero-order chi connectivity index (χ0) is 7.40. The molecule has 1 nitrogen and oxygen atoms in total. The van der Waals surface area contributed by atoms with Crippen molar-refractivity contribution in [1.29, 1.82) is 0 Å². The van der Waals surface area contributed by atoms with Crippen molar-refractivity contribution in [3.8, 4) is 11.8 Å². The molecule has 0 aromatic rings. The molecule has 0 unspecified atom stereocenters. The van der Waals surface area contributed by atoms with Gasteiger partial charge in [0, 0.05) is 18.8 Å². The fourth-order valence-electron chi connectivity index (χ4n) is 0.920. The highest BCUT2D eigenvalue weighted by Gasteiger charge is 2.28. The Hall–Kier alpha value is -0.770. The molecule has 0 N–H and O–H groups in total. The fraction of sp³-hybridized carbons (Fsp3) is 0.667. The number of Topliss-reactive ketones (excluding diaryl/α,β-unsaturated/α-hetero) is 1. The van der Waals surface area contributed by atoms with E-state index in [1.807, 2.05) is 6.92 Å². The van der Waals surface area contributed by atoms with Crippen LogP contribution < -0.4 is 0 Å². The van der Waals surface area contributed by atoms with E-state index in [0.717, 1.165) is 19.3 Å². The molecule has 1 heteroatoms. The largest absolute Gasteiger partial charge is 0.299 e. The molecule has 54 valence electrons. The summed E-state index contributed by atoms with van der Waals surface area (Å²) in [6.45, 7) is 1.81. The van der Waals surface area contributed by atoms with Crippen LogP contribution in [-0.2, 0) is 4.79 Å². The van der Waals surface area contributed by atoms with Crippen LogP contribution in [0, 0.1) is 17.8 Å². The maximum atomic E-state index is 11.0. The molecule has 0 atom stereocenters. The minimum absolute atomic E-state index is 0.415. The van der Waals surface area contributed by atoms with Crippen LogP contribution in [0.4, 0.5) is 0 Å². The predicted molar refractivity (Wildman–Crippen MR) is 40.4 cm³/mol. The van der Waals surface area contributed by atoms with E-state index < -0.39 is 0 Å². The summed E-state index contributed by atoms with van der Waals surface area (Å²) in [4.78, 5) is 11.0. The van der Waals surface area contributed by atoms with Crippen LogP contribution in [0.1, 0.15) is 32.6 Å². The van der Waals surface area contributed by atoms with Crippen molar-refractivity contribution >= 4 is 5.78 Å². The van der Waals surface area contributed by atoms with Crippen LogP contribution in [0.2, 0.25) is 0 Å². The Bertz CT molecular complexity index is 179. The van der Waals surface area contributed by atoms with Gasteiger partial charge in [-0.25, -0.2) is 0 Å². The van der Waals surface area contributed by atoms with Gasteiger partial charge < -0.3 is 0 Å². The molecular formula is C9H12O. The lowest BCUT2D eigenvalue weighted by molar-refractivity contribution is -0.120. The van der Waals surface area contributed by atoms with E-state index in [4.69, 9.17) is 0 Å². The summed E-state index contributed by atoms with van der Waals surface area (Å²) in [7, 11) is 0. The van der Waals surface area contributed by atoms with Crippen LogP contribution in [-0.4, -0.2) is 5.78 Å². The van der Waals surface area contributed by atoms with Crippen molar-refractivity contribution in [2.45, 2.75) is 32.6 Å². The number of carbonyl (C=O) groups is 1. The van der Waals surface area contributed by atoms with Crippen molar-refractivity contribution < 1.29 is 4.79 Å². The second-order valence-corrected chi connectivity index (χ2v) is 2.67. The van der Waals surface area contributed by atoms with E-state index in [-0.39, 0.29) is 0 Å². The molecule has 0 bridgehead atoms. The highest BCUT2D eigenvalue weighted by molar-refractivity contribution is 5.83. The molecule has 1 saturated carbocycles. The van der Waals surface area contributed by atoms with Crippen molar-refractivity contribution in [2.75, 3.05) is 0 Å². The molecule has 0 amide bonds. The van der Waals surface area contributed by atoms with Gasteiger partial charge in [-0.15, -0.1) is 11.8 Å². The Balaban J connectivity index is 2.10. The lowest BCUT2D eigenvalue weighted by Crippen LogP contribution is -1.98. The summed E-state index contributed by atoms with van der Waals surface area (Å²) >= 11 is 0. The zero-order valence-electron chi connectivity index (χ0n) is 6.31. The van der Waals surface area contributed by atoms with E-state index in [9.17, 15) is 4.79 Å². The molecule has 10 heavy (non-hydrogen) atoms. The quantitative estimate of drug-likeness (QED) is 0.540. The molecule has 0 saturated heterocycles. The van der Waals surface area contributed by atoms with Crippen molar-refractivity contribution in [3.63, 3.8) is 0 Å². The summed E-state index contributed by atoms with van der Waals surface area (Å²) in [6, 6.07) is 0. The molecule has 0 aromatic heterocycles. The molecular weight excluding hydrogens is 124 g/mol. The maximum absolute atomic E-state index is 11.0. The molecule has 0 radical (unpaired) electrons. The summed E-state index contributed by atoms with van der Waals surface area (Å²) < 4.78 is 0. The van der Waals surface area contributed by atoms with Crippen molar-refractivity contribution in [1.82, 2.24) is 0 Å². The topological polar surface area (TPSA) is 17.1 Å². The standard InChI is InChI=1S/C9H12O/c1-2-3-4-5-9(10)8-6-7-8/h8H,4-7H2,1H3. The number of rotatable bonds is 3. The smallest absolute Gasteiger partial charge is 0.136 e. The van der Waals surface area contributed by atoms with Crippen LogP contribution in [0.5, 0.6) is 0 Å². The third kappa shape index (κ3) is 2.23. The van der Waals surface area contributed by atoms with E-state index in [1.54, 1.807) is 0 Å². The lowest BCUT2D eigenvalue weighted by Gasteiger charge is -1.89. The Labute approximate surface area is 61.8 Å². The lowest BCUT2D eigenvalue weighted by atomic mass is 10.1. The Morgan fingerprint density at radius 3 is 2.80 bits per heavy atom. The maximum Gasteiger partial charge on any atom is 0.136 e. The molecule has 0 aromatic carbocycles. The number of hydrogen-bond donors (Lipinski definition) is 0. The molecule has 0 spiro atoms. The van der Waals surface area contributed by atoms with Crippen LogP contribution in [0.25, 0.3) is 0 Å². The van der Waals surface area contributed by atoms with E-state index in [0.29, 0.717) is 18.1 Å². The highest BCUT2D eigenvalue weighted by Crippen LogP contribution is 2.30. The Morgan fingerprint density at radius 1 is 1.60 bits per heavy atom. The van der Waals surface area contributed by atoms with Gasteiger partial charge in [0.05, 0.1) is 0 Å². The molecule has 1 rings (SSSR count). The zero-order valence-corrected chi connectivity index (χ0v) is 6.31. The van der Waals surface area contributed by atoms with Gasteiger partial charge in [0.15, 0.2) is 0 Å². The van der Waals surface area contributed by atoms with Gasteiger partial charge in [0.1, 0.15) is 5.78 Å². The minimum atomic E-state index is 0.415. The average molecular weight is 136 g/mol. The first kappa shape index (κ1) is 7.34. The second-order valence-electron chi connectivity index (χ2n) is 2.67. The van der Waals surface area contributed by atoms with Crippen LogP contribution in [0.15, 0.2) is 0 Å². The van der Waals surface area contributed by atoms with Gasteiger partial charge >= 0.3 is 0 Å². The summed E-state index contributed by atoms with van der Waals surface area (Å²) in [5, 5.41) is 0. The van der Waals surface area contributed by atoms with Crippen molar-refractivity contribution in [2.24, 2.45) is 5.92 Å². The first-order valence-electron chi connectivity index (χ1n) is 3.77. The summed E-state index contributed by atoms with van der Waals surface area (Å²) in [5.74, 6) is 6.51. The van der Waals surface area contributed by atoms with E-state index in [2.05, 4.69) is 11.8 Å². The third-order valence-electron chi connectivity index (χ3n) is 1.71. The highest BCUT2D eigenvalue weighted by atomic mass is 16.1. The summed E-state index contributed by atoms with van der Waals surface area (Å²) in [6.07, 6.45) is 3.67. The van der Waals surface area contributed by atoms with Gasteiger partial charge in [-0.2, -0.15) is 0 Å². The molecule has 0 heterocycles. The van der Waals surface area contributed by atoms with Gasteiger partial charge in [-0.3, -0.25) is 4.79 Å². The summed E-state index contributed by atoms with van der Waals surface area (Å²) in [5.41, 5.74) is 0. The van der Waals surface area contributed by atoms with Gasteiger partial charge in [0.25, 0.3) is 0 Å². The number of carbonyl (C=O) groups excluding carboxylic acids is 1. The molecule has 1 aliphatic carbocycles. The first-order valence-corrected chi connectivity index (χ1v) is 3.77. The molecule has 0 aliphatic heterocycles. The Morgan fingerprint density at radius 2 is 2.30 bits per heavy atom. The minimum Gasteiger partial charge on any atom is -0.299 e. The Kier molecular flexibility index (Phi) is 2.50. The fourth-order valence-corrected chi connectivity index (χ4v) is 0.920. The average Bonchev–Trinajstić information content (AvgIpc) is 2.69. The SMILES string of the molecule is CC#CCCC(=O)C1CC1. The predicted octanol–water partition coefficient (Wildman–Crippen LogP) is 1.77. The second kappa shape index (κ2) is 3.41. The number of ketones is 1. The van der Waals surface area contributed by atoms with Crippen molar-refractivity contribution in [3.05, 3.63) is 0 Å². The normalized spacial score (nSPS) is 15.7. The van der Waals surface area contributed by atoms with Gasteiger partial charge in [0.2, 0.25) is 0 Å². The third-order valence-corrected chi connectivity index (χ3v) is 1.71. The monoisotopic (exact) mass is 136 g/mol. The number of hydrogen-bond acceptors (Lipinski definition) is 1. The van der Waals surface area contributed by atoms with Crippen LogP contribution >= 0.6 is 0 Å². The van der Waals surface area contributed by atoms with E-state index >= 15 is 0 Å². The molecule has 1 fully saturated rings. The molecule has 1 aliphatic rings.